The average molecular weight is 295 g/mol. The second-order valence-corrected chi connectivity index (χ2v) is 4.98. The molecule has 0 radical (unpaired) electrons. The van der Waals surface area contributed by atoms with Crippen molar-refractivity contribution >= 4 is 21.6 Å². The monoisotopic (exact) mass is 294 g/mol. The number of oxazole rings is 1. The quantitative estimate of drug-likeness (QED) is 0.931. The summed E-state index contributed by atoms with van der Waals surface area (Å²) in [5, 5.41) is 3.32. The van der Waals surface area contributed by atoms with Crippen LogP contribution < -0.4 is 5.32 Å². The van der Waals surface area contributed by atoms with Gasteiger partial charge in [0.2, 0.25) is 5.89 Å². The molecule has 0 aliphatic carbocycles. The van der Waals surface area contributed by atoms with E-state index < -0.39 is 0 Å². The van der Waals surface area contributed by atoms with E-state index in [4.69, 9.17) is 4.42 Å². The second kappa shape index (κ2) is 4.92. The molecule has 0 atom stereocenters. The summed E-state index contributed by atoms with van der Waals surface area (Å²) in [5.74, 6) is 1.60. The zero-order chi connectivity index (χ0) is 12.4. The highest BCUT2D eigenvalue weighted by molar-refractivity contribution is 9.10. The van der Waals surface area contributed by atoms with E-state index in [0.717, 1.165) is 27.5 Å². The number of halogens is 1. The minimum absolute atomic E-state index is 0.603. The maximum Gasteiger partial charge on any atom is 0.213 e. The fraction of sp³-hybridized carbons (Fsp3) is 0.308. The summed E-state index contributed by atoms with van der Waals surface area (Å²) in [6.07, 6.45) is 0. The van der Waals surface area contributed by atoms with Crippen LogP contribution in [-0.4, -0.2) is 4.98 Å². The molecule has 1 N–H and O–H groups in total. The molecule has 0 fully saturated rings. The smallest absolute Gasteiger partial charge is 0.213 e. The van der Waals surface area contributed by atoms with E-state index in [1.54, 1.807) is 0 Å². The Morgan fingerprint density at radius 2 is 2.06 bits per heavy atom. The van der Waals surface area contributed by atoms with Crippen molar-refractivity contribution < 1.29 is 4.42 Å². The Labute approximate surface area is 109 Å². The molecule has 4 heteroatoms. The van der Waals surface area contributed by atoms with E-state index >= 15 is 0 Å². The molecular formula is C13H15BrN2O. The Morgan fingerprint density at radius 3 is 2.71 bits per heavy atom. The Hall–Kier alpha value is -1.29. The lowest BCUT2D eigenvalue weighted by Gasteiger charge is -2.07. The van der Waals surface area contributed by atoms with Crippen LogP contribution in [0, 0.1) is 20.8 Å². The van der Waals surface area contributed by atoms with Crippen LogP contribution in [0.2, 0.25) is 0 Å². The minimum atomic E-state index is 0.603. The van der Waals surface area contributed by atoms with Crippen molar-refractivity contribution in [3.05, 3.63) is 45.6 Å². The van der Waals surface area contributed by atoms with E-state index in [9.17, 15) is 0 Å². The number of nitrogens with one attached hydrogen (secondary N) is 1. The van der Waals surface area contributed by atoms with Crippen LogP contribution in [0.25, 0.3) is 0 Å². The van der Waals surface area contributed by atoms with Crippen molar-refractivity contribution in [3.63, 3.8) is 0 Å². The van der Waals surface area contributed by atoms with E-state index in [-0.39, 0.29) is 0 Å². The second-order valence-electron chi connectivity index (χ2n) is 4.06. The van der Waals surface area contributed by atoms with Gasteiger partial charge in [-0.1, -0.05) is 22.0 Å². The fourth-order valence-electron chi connectivity index (χ4n) is 1.57. The SMILES string of the molecule is Cc1ccc(Br)cc1NCc1nc(C)c(C)o1. The van der Waals surface area contributed by atoms with Crippen molar-refractivity contribution in [3.8, 4) is 0 Å². The van der Waals surface area contributed by atoms with Gasteiger partial charge in [-0.15, -0.1) is 0 Å². The number of nitrogens with zero attached hydrogens (tertiary/aromatic N) is 1. The standard InChI is InChI=1S/C13H15BrN2O/c1-8-4-5-11(14)6-12(8)15-7-13-16-9(2)10(3)17-13/h4-6,15H,7H2,1-3H3. The van der Waals surface area contributed by atoms with Crippen LogP contribution >= 0.6 is 15.9 Å². The van der Waals surface area contributed by atoms with Crippen molar-refractivity contribution in [2.75, 3.05) is 5.32 Å². The number of aryl methyl sites for hydroxylation is 3. The normalized spacial score (nSPS) is 10.6. The molecule has 0 saturated heterocycles. The van der Waals surface area contributed by atoms with Gasteiger partial charge >= 0.3 is 0 Å². The maximum atomic E-state index is 5.52. The summed E-state index contributed by atoms with van der Waals surface area (Å²) in [6, 6.07) is 6.15. The van der Waals surface area contributed by atoms with Crippen LogP contribution in [0.4, 0.5) is 5.69 Å². The lowest BCUT2D eigenvalue weighted by atomic mass is 10.2. The maximum absolute atomic E-state index is 5.52. The van der Waals surface area contributed by atoms with E-state index in [1.807, 2.05) is 19.9 Å². The van der Waals surface area contributed by atoms with E-state index in [0.29, 0.717) is 6.54 Å². The van der Waals surface area contributed by atoms with Gasteiger partial charge < -0.3 is 9.73 Å². The van der Waals surface area contributed by atoms with Crippen LogP contribution in [0.5, 0.6) is 0 Å². The highest BCUT2D eigenvalue weighted by atomic mass is 79.9. The molecular weight excluding hydrogens is 280 g/mol. The molecule has 0 aliphatic rings. The molecule has 1 aromatic heterocycles. The molecule has 1 heterocycles. The topological polar surface area (TPSA) is 38.1 Å². The Kier molecular flexibility index (Phi) is 3.52. The highest BCUT2D eigenvalue weighted by Gasteiger charge is 2.06. The molecule has 0 unspecified atom stereocenters. The first-order chi connectivity index (χ1) is 8.06. The van der Waals surface area contributed by atoms with Gasteiger partial charge in [0, 0.05) is 10.2 Å². The first kappa shape index (κ1) is 12.2. The highest BCUT2D eigenvalue weighted by Crippen LogP contribution is 2.21. The van der Waals surface area contributed by atoms with Gasteiger partial charge in [-0.05, 0) is 38.5 Å². The largest absolute Gasteiger partial charge is 0.444 e. The van der Waals surface area contributed by atoms with Crippen molar-refractivity contribution in [1.82, 2.24) is 4.98 Å². The first-order valence-corrected chi connectivity index (χ1v) is 6.28. The van der Waals surface area contributed by atoms with Gasteiger partial charge in [0.1, 0.15) is 5.76 Å². The number of hydrogen-bond donors (Lipinski definition) is 1. The third kappa shape index (κ3) is 2.88. The van der Waals surface area contributed by atoms with Crippen LogP contribution in [-0.2, 0) is 6.54 Å². The third-order valence-corrected chi connectivity index (χ3v) is 3.20. The summed E-state index contributed by atoms with van der Waals surface area (Å²) in [5.41, 5.74) is 3.24. The van der Waals surface area contributed by atoms with Gasteiger partial charge in [-0.2, -0.15) is 0 Å². The summed E-state index contributed by atoms with van der Waals surface area (Å²) in [4.78, 5) is 4.34. The Bertz CT molecular complexity index is 515. The molecule has 0 amide bonds. The third-order valence-electron chi connectivity index (χ3n) is 2.70. The minimum Gasteiger partial charge on any atom is -0.444 e. The molecule has 0 bridgehead atoms. The lowest BCUT2D eigenvalue weighted by molar-refractivity contribution is 0.478. The molecule has 2 aromatic rings. The molecule has 0 aliphatic heterocycles. The van der Waals surface area contributed by atoms with Crippen molar-refractivity contribution in [1.29, 1.82) is 0 Å². The fourth-order valence-corrected chi connectivity index (χ4v) is 1.93. The van der Waals surface area contributed by atoms with Crippen LogP contribution in [0.3, 0.4) is 0 Å². The lowest BCUT2D eigenvalue weighted by Crippen LogP contribution is -2.01. The number of benzene rings is 1. The molecule has 0 spiro atoms. The van der Waals surface area contributed by atoms with E-state index in [1.165, 1.54) is 5.56 Å². The summed E-state index contributed by atoms with van der Waals surface area (Å²) in [7, 11) is 0. The van der Waals surface area contributed by atoms with Crippen molar-refractivity contribution in [2.45, 2.75) is 27.3 Å². The van der Waals surface area contributed by atoms with Crippen LogP contribution in [0.1, 0.15) is 22.9 Å². The van der Waals surface area contributed by atoms with Crippen molar-refractivity contribution in [2.24, 2.45) is 0 Å². The molecule has 2 rings (SSSR count). The van der Waals surface area contributed by atoms with Gasteiger partial charge in [-0.3, -0.25) is 0 Å². The van der Waals surface area contributed by atoms with Gasteiger partial charge in [0.15, 0.2) is 0 Å². The summed E-state index contributed by atoms with van der Waals surface area (Å²) in [6.45, 7) is 6.55. The number of hydrogen-bond acceptors (Lipinski definition) is 3. The zero-order valence-corrected chi connectivity index (χ0v) is 11.8. The number of rotatable bonds is 3. The average Bonchev–Trinajstić information content (AvgIpc) is 2.60. The van der Waals surface area contributed by atoms with Gasteiger partial charge in [0.25, 0.3) is 0 Å². The first-order valence-electron chi connectivity index (χ1n) is 5.49. The van der Waals surface area contributed by atoms with E-state index in [2.05, 4.69) is 45.3 Å². The molecule has 1 aromatic carbocycles. The molecule has 0 saturated carbocycles. The molecule has 3 nitrogen and oxygen atoms in total. The molecule has 17 heavy (non-hydrogen) atoms. The summed E-state index contributed by atoms with van der Waals surface area (Å²) < 4.78 is 6.58. The number of anilines is 1. The number of aromatic nitrogens is 1. The summed E-state index contributed by atoms with van der Waals surface area (Å²) >= 11 is 3.46. The molecule has 90 valence electrons. The Balaban J connectivity index is 2.09. The Morgan fingerprint density at radius 1 is 1.29 bits per heavy atom. The van der Waals surface area contributed by atoms with Gasteiger partial charge in [0.05, 0.1) is 12.2 Å². The predicted molar refractivity (Wildman–Crippen MR) is 72.2 cm³/mol. The van der Waals surface area contributed by atoms with Gasteiger partial charge in [-0.25, -0.2) is 4.98 Å². The predicted octanol–water partition coefficient (Wildman–Crippen LogP) is 3.97. The van der Waals surface area contributed by atoms with Crippen LogP contribution in [0.15, 0.2) is 27.1 Å². The zero-order valence-electron chi connectivity index (χ0n) is 10.2.